The quantitative estimate of drug-likeness (QED) is 0.0566. The summed E-state index contributed by atoms with van der Waals surface area (Å²) in [5.74, 6) is 3.48. The molecule has 0 fully saturated rings. The van der Waals surface area contributed by atoms with Gasteiger partial charge in [0.1, 0.15) is 34.5 Å². The van der Waals surface area contributed by atoms with Crippen molar-refractivity contribution in [2.75, 3.05) is 98.9 Å². The highest BCUT2D eigenvalue weighted by molar-refractivity contribution is 7.52. The summed E-state index contributed by atoms with van der Waals surface area (Å²) < 4.78 is 109. The number of amides is 3. The van der Waals surface area contributed by atoms with Gasteiger partial charge in [0.25, 0.3) is 0 Å². The molecule has 7 aliphatic heterocycles. The summed E-state index contributed by atoms with van der Waals surface area (Å²) in [5.41, 5.74) is 5.33. The molecule has 105 heavy (non-hydrogen) atoms. The average Bonchev–Trinajstić information content (AvgIpc) is 0.864. The average molecular weight is 1510 g/mol. The maximum atomic E-state index is 13.9. The lowest BCUT2D eigenvalue weighted by Crippen LogP contribution is -2.37. The molecule has 576 valence electrons. The molecule has 0 radical (unpaired) electrons. The molecular formula is C78H111N6O18P3. The minimum atomic E-state index is -3.70. The summed E-state index contributed by atoms with van der Waals surface area (Å²) in [4.78, 5) is 46.9. The second-order valence-corrected chi connectivity index (χ2v) is 30.4. The molecule has 0 unspecified atom stereocenters. The molecule has 7 heterocycles. The van der Waals surface area contributed by atoms with E-state index in [1.807, 2.05) is 146 Å². The van der Waals surface area contributed by atoms with Crippen LogP contribution in [-0.4, -0.2) is 131 Å². The standard InChI is InChI=1S/C78H111N6O18P3/c1-7-97-103(88,98-8-2)79-55-76(85)82-58-64-25-37-70(38-26-64)91-49-19-13-15-21-51-93-72-41-29-66(30-42-72)60-83(77(86)56-80-104(89,99-9-3)100-10-4)62-68-33-45-74(46-34-68)95-53-23-17-18-24-54-96-75-47-35-69(36-48-75)63-84(78(87)57-81-105(90,101-11-5)102-12-6)61-67-31-43-73(44-32-67)94-52-22-16-14-20-50-92-71-39-27-65(59-82)28-40-71/h25-48H,7-24,49-63H2,1-6H3,(H,79,88)(H,80,89)(H,81,90). The second-order valence-electron chi connectivity index (χ2n) is 25.0. The summed E-state index contributed by atoms with van der Waals surface area (Å²) in [5, 5.41) is 8.25. The van der Waals surface area contributed by atoms with Gasteiger partial charge in [0.05, 0.1) is 98.9 Å². The molecule has 6 aromatic carbocycles. The third kappa shape index (κ3) is 32.5. The molecule has 3 amide bonds. The minimum Gasteiger partial charge on any atom is -0.494 e. The number of hydrogen-bond donors (Lipinski definition) is 3. The number of carbonyl (C=O) groups excluding carboxylic acids is 3. The maximum absolute atomic E-state index is 13.9. The molecule has 0 aromatic heterocycles. The van der Waals surface area contributed by atoms with Crippen LogP contribution >= 0.6 is 23.2 Å². The summed E-state index contributed by atoms with van der Waals surface area (Å²) >= 11 is 0. The maximum Gasteiger partial charge on any atom is 0.405 e. The van der Waals surface area contributed by atoms with Crippen LogP contribution in [0, 0.1) is 0 Å². The highest BCUT2D eigenvalue weighted by Crippen LogP contribution is 2.45. The minimum absolute atomic E-state index is 0.146. The Hall–Kier alpha value is -7.14. The normalized spacial score (nSPS) is 15.5. The van der Waals surface area contributed by atoms with Crippen molar-refractivity contribution >= 4 is 41.0 Å². The van der Waals surface area contributed by atoms with Crippen molar-refractivity contribution in [3.63, 3.8) is 0 Å². The van der Waals surface area contributed by atoms with E-state index in [2.05, 4.69) is 15.3 Å². The molecule has 3 N–H and O–H groups in total. The largest absolute Gasteiger partial charge is 0.494 e. The van der Waals surface area contributed by atoms with Crippen LogP contribution < -0.4 is 43.7 Å². The van der Waals surface area contributed by atoms with Gasteiger partial charge in [-0.3, -0.25) is 41.5 Å². The lowest BCUT2D eigenvalue weighted by Gasteiger charge is -2.25. The Morgan fingerprint density at radius 2 is 0.429 bits per heavy atom. The van der Waals surface area contributed by atoms with Gasteiger partial charge in [-0.2, -0.15) is 0 Å². The first-order valence-electron chi connectivity index (χ1n) is 37.1. The van der Waals surface area contributed by atoms with Gasteiger partial charge in [-0.25, -0.2) is 29.0 Å². The Bertz CT molecular complexity index is 3030. The monoisotopic (exact) mass is 1510 g/mol. The molecule has 0 atom stereocenters. The summed E-state index contributed by atoms with van der Waals surface area (Å²) in [6, 6.07) is 46.2. The van der Waals surface area contributed by atoms with E-state index >= 15 is 0 Å². The number of benzene rings is 6. The van der Waals surface area contributed by atoms with Crippen LogP contribution in [0.1, 0.15) is 152 Å². The lowest BCUT2D eigenvalue weighted by molar-refractivity contribution is -0.132. The molecule has 12 bridgehead atoms. The van der Waals surface area contributed by atoms with Crippen LogP contribution in [0.15, 0.2) is 146 Å². The number of hydrogen-bond acceptors (Lipinski definition) is 18. The Morgan fingerprint density at radius 3 is 0.571 bits per heavy atom. The van der Waals surface area contributed by atoms with E-state index in [0.717, 1.165) is 145 Å². The van der Waals surface area contributed by atoms with Crippen molar-refractivity contribution in [3.8, 4) is 34.5 Å². The fourth-order valence-electron chi connectivity index (χ4n) is 11.2. The lowest BCUT2D eigenvalue weighted by atomic mass is 10.1. The Balaban J connectivity index is 0.983. The van der Waals surface area contributed by atoms with Gasteiger partial charge in [0, 0.05) is 39.3 Å². The zero-order valence-corrected chi connectivity index (χ0v) is 64.9. The van der Waals surface area contributed by atoms with Gasteiger partial charge in [-0.05, 0) is 225 Å². The van der Waals surface area contributed by atoms with Crippen LogP contribution in [0.2, 0.25) is 0 Å². The van der Waals surface area contributed by atoms with Crippen LogP contribution in [0.5, 0.6) is 34.5 Å². The fraction of sp³-hybridized carbons (Fsp3) is 0.500. The van der Waals surface area contributed by atoms with Gasteiger partial charge in [-0.15, -0.1) is 0 Å². The van der Waals surface area contributed by atoms with Gasteiger partial charge in [0.15, 0.2) is 0 Å². The molecule has 13 rings (SSSR count). The van der Waals surface area contributed by atoms with E-state index in [1.54, 1.807) is 56.2 Å². The van der Waals surface area contributed by atoms with E-state index in [-0.39, 0.29) is 116 Å². The molecule has 0 spiro atoms. The number of ether oxygens (including phenoxy) is 6. The Kier molecular flexibility index (Phi) is 38.5. The van der Waals surface area contributed by atoms with Gasteiger partial charge < -0.3 is 43.1 Å². The molecule has 24 nitrogen and oxygen atoms in total. The summed E-state index contributed by atoms with van der Waals surface area (Å²) in [7, 11) is -11.1. The van der Waals surface area contributed by atoms with Crippen molar-refractivity contribution in [1.29, 1.82) is 0 Å². The van der Waals surface area contributed by atoms with Crippen molar-refractivity contribution in [3.05, 3.63) is 179 Å². The zero-order chi connectivity index (χ0) is 74.8. The zero-order valence-electron chi connectivity index (χ0n) is 62.2. The van der Waals surface area contributed by atoms with Crippen LogP contribution in [0.3, 0.4) is 0 Å². The van der Waals surface area contributed by atoms with Crippen molar-refractivity contribution in [2.45, 2.75) is 158 Å². The van der Waals surface area contributed by atoms with Crippen molar-refractivity contribution < 1.29 is 83.6 Å². The molecule has 0 saturated carbocycles. The molecule has 7 aliphatic rings. The SMILES string of the molecule is CCOP(=O)(NCC(=O)N1Cc2ccc(cc2)OCCCCCCOc2ccc(cc2)CN(C(=O)CNP(=O)(OCC)OCC)Cc2ccc(cc2)OCCCCCCOc2ccc(cc2)CN(C(=O)CNP(=O)(OCC)OCC)Cc2ccc(cc2)OCCCCCCOc2ccc(cc2)C1)OCC. The fourth-order valence-corrected chi connectivity index (χ4v) is 15.0. The predicted molar refractivity (Wildman–Crippen MR) is 406 cm³/mol. The summed E-state index contributed by atoms with van der Waals surface area (Å²) in [6.07, 6.45) is 10.9. The van der Waals surface area contributed by atoms with Crippen LogP contribution in [0.4, 0.5) is 0 Å². The second kappa shape index (κ2) is 47.5. The number of carbonyl (C=O) groups is 3. The third-order valence-electron chi connectivity index (χ3n) is 16.6. The Morgan fingerprint density at radius 1 is 0.276 bits per heavy atom. The molecule has 0 saturated heterocycles. The van der Waals surface area contributed by atoms with E-state index in [1.165, 1.54) is 0 Å². The molecule has 27 heteroatoms. The first-order valence-corrected chi connectivity index (χ1v) is 41.7. The molecular weight excluding hydrogens is 1400 g/mol. The smallest absolute Gasteiger partial charge is 0.405 e. The van der Waals surface area contributed by atoms with E-state index < -0.39 is 23.2 Å². The number of nitrogens with one attached hydrogen (secondary N) is 3. The van der Waals surface area contributed by atoms with Crippen LogP contribution in [0.25, 0.3) is 0 Å². The molecule has 0 aliphatic carbocycles. The van der Waals surface area contributed by atoms with Gasteiger partial charge >= 0.3 is 23.2 Å². The molecule has 6 aromatic rings. The topological polar surface area (TPSA) is 259 Å². The first-order chi connectivity index (χ1) is 51.0. The van der Waals surface area contributed by atoms with Crippen molar-refractivity contribution in [1.82, 2.24) is 30.0 Å². The van der Waals surface area contributed by atoms with Crippen LogP contribution in [-0.2, 0) is 94.5 Å². The van der Waals surface area contributed by atoms with Gasteiger partial charge in [0.2, 0.25) is 17.7 Å². The van der Waals surface area contributed by atoms with E-state index in [4.69, 9.17) is 55.6 Å². The van der Waals surface area contributed by atoms with E-state index in [9.17, 15) is 28.1 Å². The Labute approximate surface area is 621 Å². The van der Waals surface area contributed by atoms with Crippen molar-refractivity contribution in [2.24, 2.45) is 0 Å². The highest BCUT2D eigenvalue weighted by Gasteiger charge is 2.29. The number of rotatable bonds is 21. The third-order valence-corrected chi connectivity index (χ3v) is 21.9. The summed E-state index contributed by atoms with van der Waals surface area (Å²) in [6.45, 7) is 15.3. The number of nitrogens with zero attached hydrogens (tertiary/aromatic N) is 3. The number of fused-ring (bicyclic) bond motifs is 6. The highest BCUT2D eigenvalue weighted by atomic mass is 31.2. The predicted octanol–water partition coefficient (Wildman–Crippen LogP) is 16.0. The first kappa shape index (κ1) is 85.1. The van der Waals surface area contributed by atoms with Gasteiger partial charge in [-0.1, -0.05) is 72.8 Å². The van der Waals surface area contributed by atoms with E-state index in [0.29, 0.717) is 39.6 Å².